The number of halogens is 1. The number of thiophene rings is 1. The normalized spacial score (nSPS) is 11.2. The number of fused-ring (bicyclic) bond motifs is 1. The lowest BCUT2D eigenvalue weighted by Gasteiger charge is -2.19. The fraction of sp³-hybridized carbons (Fsp3) is 0.211. The van der Waals surface area contributed by atoms with Crippen molar-refractivity contribution in [2.45, 2.75) is 19.9 Å². The van der Waals surface area contributed by atoms with Gasteiger partial charge >= 0.3 is 0 Å². The quantitative estimate of drug-likeness (QED) is 0.479. The molecule has 0 saturated heterocycles. The molecule has 8 heteroatoms. The van der Waals surface area contributed by atoms with Crippen molar-refractivity contribution in [1.29, 1.82) is 0 Å². The summed E-state index contributed by atoms with van der Waals surface area (Å²) >= 11 is 1.27. The Bertz CT molecular complexity index is 1070. The van der Waals surface area contributed by atoms with E-state index in [-0.39, 0.29) is 24.2 Å². The van der Waals surface area contributed by atoms with E-state index < -0.39 is 0 Å². The van der Waals surface area contributed by atoms with Crippen molar-refractivity contribution in [2.75, 3.05) is 6.54 Å². The van der Waals surface area contributed by atoms with Gasteiger partial charge in [0.25, 0.3) is 11.8 Å². The zero-order chi connectivity index (χ0) is 18.8. The van der Waals surface area contributed by atoms with Crippen molar-refractivity contribution in [2.24, 2.45) is 0 Å². The Balaban J connectivity index is 1.58. The van der Waals surface area contributed by atoms with Crippen LogP contribution in [-0.2, 0) is 6.54 Å². The molecular formula is C19H16FN3O3S. The van der Waals surface area contributed by atoms with E-state index in [1.165, 1.54) is 23.7 Å². The van der Waals surface area contributed by atoms with Crippen molar-refractivity contribution < 1.29 is 18.0 Å². The second-order valence-corrected chi connectivity index (χ2v) is 7.05. The second kappa shape index (κ2) is 7.32. The molecule has 0 N–H and O–H groups in total. The zero-order valence-electron chi connectivity index (χ0n) is 14.5. The minimum Gasteiger partial charge on any atom is -0.459 e. The van der Waals surface area contributed by atoms with Crippen LogP contribution in [0.5, 0.6) is 0 Å². The monoisotopic (exact) mass is 385 g/mol. The van der Waals surface area contributed by atoms with Crippen molar-refractivity contribution in [1.82, 2.24) is 15.1 Å². The van der Waals surface area contributed by atoms with Crippen LogP contribution in [0.25, 0.3) is 21.7 Å². The third-order valence-corrected chi connectivity index (χ3v) is 5.11. The Kier molecular flexibility index (Phi) is 4.72. The number of hydrogen-bond donors (Lipinski definition) is 0. The third kappa shape index (κ3) is 3.48. The van der Waals surface area contributed by atoms with Gasteiger partial charge in [-0.05, 0) is 36.8 Å². The van der Waals surface area contributed by atoms with Crippen LogP contribution in [0.4, 0.5) is 4.39 Å². The first-order valence-electron chi connectivity index (χ1n) is 8.49. The van der Waals surface area contributed by atoms with Crippen LogP contribution in [0.1, 0.15) is 28.9 Å². The van der Waals surface area contributed by atoms with Gasteiger partial charge in [0.15, 0.2) is 5.76 Å². The van der Waals surface area contributed by atoms with Gasteiger partial charge in [-0.15, -0.1) is 21.5 Å². The van der Waals surface area contributed by atoms with Crippen LogP contribution in [-0.4, -0.2) is 27.5 Å². The molecule has 27 heavy (non-hydrogen) atoms. The number of rotatable bonds is 6. The molecule has 6 nitrogen and oxygen atoms in total. The molecular weight excluding hydrogens is 369 g/mol. The number of carbonyl (C=O) groups excluding carboxylic acids is 1. The van der Waals surface area contributed by atoms with E-state index in [0.717, 1.165) is 11.1 Å². The number of furan rings is 1. The predicted octanol–water partition coefficient (Wildman–Crippen LogP) is 4.74. The Morgan fingerprint density at radius 3 is 2.89 bits per heavy atom. The largest absolute Gasteiger partial charge is 0.459 e. The molecule has 4 rings (SSSR count). The van der Waals surface area contributed by atoms with Gasteiger partial charge in [-0.3, -0.25) is 4.79 Å². The summed E-state index contributed by atoms with van der Waals surface area (Å²) in [4.78, 5) is 15.1. The first kappa shape index (κ1) is 17.4. The zero-order valence-corrected chi connectivity index (χ0v) is 15.3. The molecule has 0 aliphatic carbocycles. The molecule has 4 aromatic rings. The number of amides is 1. The molecule has 0 fully saturated rings. The van der Waals surface area contributed by atoms with Crippen molar-refractivity contribution >= 4 is 27.3 Å². The van der Waals surface area contributed by atoms with Crippen LogP contribution in [0.2, 0.25) is 0 Å². The van der Waals surface area contributed by atoms with Gasteiger partial charge in [0.1, 0.15) is 5.82 Å². The van der Waals surface area contributed by atoms with Crippen molar-refractivity contribution in [3.05, 3.63) is 59.2 Å². The summed E-state index contributed by atoms with van der Waals surface area (Å²) in [6.07, 6.45) is 2.29. The topological polar surface area (TPSA) is 72.4 Å². The molecule has 138 valence electrons. The molecule has 0 atom stereocenters. The van der Waals surface area contributed by atoms with E-state index in [4.69, 9.17) is 8.83 Å². The summed E-state index contributed by atoms with van der Waals surface area (Å²) in [5.41, 5.74) is 0. The molecule has 0 aliphatic heterocycles. The fourth-order valence-corrected chi connectivity index (χ4v) is 3.83. The summed E-state index contributed by atoms with van der Waals surface area (Å²) in [5.74, 6) is 0.542. The van der Waals surface area contributed by atoms with Crippen LogP contribution in [0, 0.1) is 5.82 Å². The van der Waals surface area contributed by atoms with Gasteiger partial charge in [-0.2, -0.15) is 0 Å². The molecule has 1 aromatic carbocycles. The SMILES string of the molecule is CCCN(Cc1nnc(-c2ccco2)o1)C(=O)c1cc2c(F)cccc2s1. The minimum atomic E-state index is -0.329. The molecule has 0 radical (unpaired) electrons. The summed E-state index contributed by atoms with van der Waals surface area (Å²) < 4.78 is 25.5. The van der Waals surface area contributed by atoms with E-state index in [1.54, 1.807) is 35.2 Å². The van der Waals surface area contributed by atoms with Gasteiger partial charge in [0.2, 0.25) is 5.89 Å². The lowest BCUT2D eigenvalue weighted by Crippen LogP contribution is -2.30. The number of hydrogen-bond acceptors (Lipinski definition) is 6. The molecule has 0 unspecified atom stereocenters. The highest BCUT2D eigenvalue weighted by Crippen LogP contribution is 2.29. The first-order chi connectivity index (χ1) is 13.2. The summed E-state index contributed by atoms with van der Waals surface area (Å²) in [6, 6.07) is 9.88. The van der Waals surface area contributed by atoms with E-state index in [0.29, 0.717) is 28.5 Å². The Labute approximate surface area is 158 Å². The summed E-state index contributed by atoms with van der Waals surface area (Å²) in [6.45, 7) is 2.68. The second-order valence-electron chi connectivity index (χ2n) is 5.97. The highest BCUT2D eigenvalue weighted by atomic mass is 32.1. The Morgan fingerprint density at radius 1 is 1.26 bits per heavy atom. The standard InChI is InChI=1S/C19H16FN3O3S/c1-2-8-23(11-17-21-22-18(26-17)14-6-4-9-25-14)19(24)16-10-12-13(20)5-3-7-15(12)27-16/h3-7,9-10H,2,8,11H2,1H3. The van der Waals surface area contributed by atoms with E-state index in [1.807, 2.05) is 6.92 Å². The number of benzene rings is 1. The average molecular weight is 385 g/mol. The summed E-state index contributed by atoms with van der Waals surface area (Å²) in [7, 11) is 0. The average Bonchev–Trinajstić information content (AvgIpc) is 3.40. The number of aromatic nitrogens is 2. The van der Waals surface area contributed by atoms with Gasteiger partial charge in [0, 0.05) is 16.6 Å². The van der Waals surface area contributed by atoms with Crippen LogP contribution < -0.4 is 0 Å². The maximum Gasteiger partial charge on any atom is 0.283 e. The number of carbonyl (C=O) groups is 1. The highest BCUT2D eigenvalue weighted by Gasteiger charge is 2.21. The first-order valence-corrected chi connectivity index (χ1v) is 9.31. The van der Waals surface area contributed by atoms with Crippen LogP contribution in [0.3, 0.4) is 0 Å². The van der Waals surface area contributed by atoms with Gasteiger partial charge in [-0.25, -0.2) is 4.39 Å². The molecule has 0 aliphatic rings. The Morgan fingerprint density at radius 2 is 2.15 bits per heavy atom. The van der Waals surface area contributed by atoms with Gasteiger partial charge in [0.05, 0.1) is 17.7 Å². The van der Waals surface area contributed by atoms with E-state index in [2.05, 4.69) is 10.2 Å². The highest BCUT2D eigenvalue weighted by molar-refractivity contribution is 7.20. The molecule has 0 saturated carbocycles. The Hall–Kier alpha value is -3.00. The van der Waals surface area contributed by atoms with Gasteiger partial charge in [-0.1, -0.05) is 13.0 Å². The van der Waals surface area contributed by atoms with Crippen LogP contribution >= 0.6 is 11.3 Å². The van der Waals surface area contributed by atoms with E-state index >= 15 is 0 Å². The molecule has 3 heterocycles. The molecule has 0 spiro atoms. The number of nitrogens with zero attached hydrogens (tertiary/aromatic N) is 3. The molecule has 3 aromatic heterocycles. The van der Waals surface area contributed by atoms with E-state index in [9.17, 15) is 9.18 Å². The maximum atomic E-state index is 13.9. The summed E-state index contributed by atoms with van der Waals surface area (Å²) in [5, 5.41) is 8.41. The predicted molar refractivity (Wildman–Crippen MR) is 98.8 cm³/mol. The minimum absolute atomic E-state index is 0.178. The van der Waals surface area contributed by atoms with Crippen LogP contribution in [0.15, 0.2) is 51.5 Å². The molecule has 0 bridgehead atoms. The third-order valence-electron chi connectivity index (χ3n) is 4.02. The van der Waals surface area contributed by atoms with Crippen molar-refractivity contribution in [3.8, 4) is 11.7 Å². The maximum absolute atomic E-state index is 13.9. The molecule has 1 amide bonds. The lowest BCUT2D eigenvalue weighted by atomic mass is 10.2. The lowest BCUT2D eigenvalue weighted by molar-refractivity contribution is 0.0733. The van der Waals surface area contributed by atoms with Crippen molar-refractivity contribution in [3.63, 3.8) is 0 Å². The van der Waals surface area contributed by atoms with Gasteiger partial charge < -0.3 is 13.7 Å². The smallest absolute Gasteiger partial charge is 0.283 e. The fourth-order valence-electron chi connectivity index (χ4n) is 2.79.